The van der Waals surface area contributed by atoms with Crippen LogP contribution in [-0.4, -0.2) is 4.98 Å². The van der Waals surface area contributed by atoms with Crippen molar-refractivity contribution in [2.45, 2.75) is 19.8 Å². The highest BCUT2D eigenvalue weighted by Crippen LogP contribution is 2.32. The lowest BCUT2D eigenvalue weighted by atomic mass is 9.93. The molecule has 2 aromatic carbocycles. The molecule has 3 rings (SSSR count). The fraction of sp³-hybridized carbons (Fsp3) is 0.158. The van der Waals surface area contributed by atoms with E-state index in [0.717, 1.165) is 16.5 Å². The topological polar surface area (TPSA) is 56.6 Å². The SMILES string of the molecule is CC(C)c1cccc(-c2c(C#N)c(=O)[nH]c3ccc(Cl)cc23)c1. The number of hydrogen-bond donors (Lipinski definition) is 1. The first-order chi connectivity index (χ1) is 11.0. The number of nitriles is 1. The molecule has 0 saturated heterocycles. The van der Waals surface area contributed by atoms with Gasteiger partial charge in [0.2, 0.25) is 0 Å². The third-order valence-electron chi connectivity index (χ3n) is 3.93. The summed E-state index contributed by atoms with van der Waals surface area (Å²) in [6.07, 6.45) is 0. The number of benzene rings is 2. The van der Waals surface area contributed by atoms with E-state index in [9.17, 15) is 10.1 Å². The lowest BCUT2D eigenvalue weighted by Crippen LogP contribution is -2.12. The van der Waals surface area contributed by atoms with Gasteiger partial charge in [-0.15, -0.1) is 0 Å². The lowest BCUT2D eigenvalue weighted by Gasteiger charge is -2.12. The number of aromatic amines is 1. The molecule has 0 amide bonds. The summed E-state index contributed by atoms with van der Waals surface area (Å²) in [5.74, 6) is 0.359. The van der Waals surface area contributed by atoms with Crippen molar-refractivity contribution < 1.29 is 0 Å². The van der Waals surface area contributed by atoms with Crippen molar-refractivity contribution in [2.24, 2.45) is 0 Å². The van der Waals surface area contributed by atoms with Crippen molar-refractivity contribution in [3.63, 3.8) is 0 Å². The van der Waals surface area contributed by atoms with Crippen LogP contribution in [0.2, 0.25) is 5.02 Å². The molecule has 0 atom stereocenters. The highest BCUT2D eigenvalue weighted by molar-refractivity contribution is 6.31. The Kier molecular flexibility index (Phi) is 3.94. The number of hydrogen-bond acceptors (Lipinski definition) is 2. The second-order valence-corrected chi connectivity index (χ2v) is 6.22. The molecule has 0 spiro atoms. The average Bonchev–Trinajstić information content (AvgIpc) is 2.54. The van der Waals surface area contributed by atoms with Gasteiger partial charge in [-0.3, -0.25) is 4.79 Å². The Morgan fingerprint density at radius 2 is 1.96 bits per heavy atom. The maximum atomic E-state index is 12.3. The van der Waals surface area contributed by atoms with Crippen LogP contribution in [-0.2, 0) is 0 Å². The van der Waals surface area contributed by atoms with E-state index in [2.05, 4.69) is 18.8 Å². The predicted molar refractivity (Wildman–Crippen MR) is 93.8 cm³/mol. The molecule has 23 heavy (non-hydrogen) atoms. The van der Waals surface area contributed by atoms with Gasteiger partial charge in [0.15, 0.2) is 0 Å². The molecular formula is C19H15ClN2O. The molecule has 4 heteroatoms. The van der Waals surface area contributed by atoms with Gasteiger partial charge in [0.1, 0.15) is 11.6 Å². The highest BCUT2D eigenvalue weighted by Gasteiger charge is 2.15. The van der Waals surface area contributed by atoms with Crippen LogP contribution in [0.5, 0.6) is 0 Å². The molecule has 0 saturated carbocycles. The average molecular weight is 323 g/mol. The standard InChI is InChI=1S/C19H15ClN2O/c1-11(2)12-4-3-5-13(8-12)18-15-9-14(20)6-7-17(15)22-19(23)16(18)10-21/h3-9,11H,1-2H3,(H,22,23). The number of fused-ring (bicyclic) bond motifs is 1. The summed E-state index contributed by atoms with van der Waals surface area (Å²) in [5, 5.41) is 10.8. The third kappa shape index (κ3) is 2.74. The Bertz CT molecular complexity index is 996. The summed E-state index contributed by atoms with van der Waals surface area (Å²) in [6.45, 7) is 4.22. The summed E-state index contributed by atoms with van der Waals surface area (Å²) in [5.41, 5.74) is 3.04. The molecule has 0 radical (unpaired) electrons. The first-order valence-electron chi connectivity index (χ1n) is 7.37. The molecule has 1 aromatic heterocycles. The number of aromatic nitrogens is 1. The van der Waals surface area contributed by atoms with E-state index >= 15 is 0 Å². The maximum absolute atomic E-state index is 12.3. The molecule has 0 unspecified atom stereocenters. The molecule has 3 nitrogen and oxygen atoms in total. The van der Waals surface area contributed by atoms with Gasteiger partial charge < -0.3 is 4.98 Å². The quantitative estimate of drug-likeness (QED) is 0.733. The van der Waals surface area contributed by atoms with Gasteiger partial charge in [0.25, 0.3) is 5.56 Å². The van der Waals surface area contributed by atoms with E-state index < -0.39 is 0 Å². The summed E-state index contributed by atoms with van der Waals surface area (Å²) in [7, 11) is 0. The van der Waals surface area contributed by atoms with Crippen LogP contribution in [0, 0.1) is 11.3 Å². The Labute approximate surface area is 139 Å². The fourth-order valence-corrected chi connectivity index (χ4v) is 2.90. The van der Waals surface area contributed by atoms with Gasteiger partial charge in [-0.1, -0.05) is 49.7 Å². The van der Waals surface area contributed by atoms with Crippen molar-refractivity contribution in [1.82, 2.24) is 4.98 Å². The van der Waals surface area contributed by atoms with Crippen molar-refractivity contribution in [1.29, 1.82) is 5.26 Å². The molecule has 3 aromatic rings. The molecule has 1 N–H and O–H groups in total. The number of rotatable bonds is 2. The number of H-pyrrole nitrogens is 1. The summed E-state index contributed by atoms with van der Waals surface area (Å²) < 4.78 is 0. The third-order valence-corrected chi connectivity index (χ3v) is 4.17. The van der Waals surface area contributed by atoms with Crippen LogP contribution in [0.3, 0.4) is 0 Å². The molecule has 0 fully saturated rings. The number of nitrogens with zero attached hydrogens (tertiary/aromatic N) is 1. The van der Waals surface area contributed by atoms with Crippen LogP contribution in [0.1, 0.15) is 30.9 Å². The maximum Gasteiger partial charge on any atom is 0.266 e. The molecule has 0 aliphatic carbocycles. The van der Waals surface area contributed by atoms with E-state index in [0.29, 0.717) is 22.0 Å². The van der Waals surface area contributed by atoms with Crippen LogP contribution < -0.4 is 5.56 Å². The lowest BCUT2D eigenvalue weighted by molar-refractivity contribution is 0.867. The Morgan fingerprint density at radius 3 is 2.65 bits per heavy atom. The molecule has 0 bridgehead atoms. The zero-order chi connectivity index (χ0) is 16.6. The summed E-state index contributed by atoms with van der Waals surface area (Å²) in [4.78, 5) is 15.0. The predicted octanol–water partition coefficient (Wildman–Crippen LogP) is 4.84. The van der Waals surface area contributed by atoms with Crippen molar-refractivity contribution >= 4 is 22.5 Å². The molecule has 114 valence electrons. The van der Waals surface area contributed by atoms with E-state index in [4.69, 9.17) is 11.6 Å². The number of nitrogens with one attached hydrogen (secondary N) is 1. The number of pyridine rings is 1. The van der Waals surface area contributed by atoms with Crippen LogP contribution in [0.25, 0.3) is 22.0 Å². The largest absolute Gasteiger partial charge is 0.321 e. The molecule has 0 aliphatic heterocycles. The number of halogens is 1. The van der Waals surface area contributed by atoms with E-state index in [-0.39, 0.29) is 11.1 Å². The van der Waals surface area contributed by atoms with Crippen LogP contribution >= 0.6 is 11.6 Å². The van der Waals surface area contributed by atoms with Crippen molar-refractivity contribution in [2.75, 3.05) is 0 Å². The normalized spacial score (nSPS) is 10.9. The minimum atomic E-state index is -0.382. The molecule has 1 heterocycles. The first-order valence-corrected chi connectivity index (χ1v) is 7.75. The molecule has 0 aliphatic rings. The van der Waals surface area contributed by atoms with Gasteiger partial charge >= 0.3 is 0 Å². The van der Waals surface area contributed by atoms with Gasteiger partial charge in [-0.05, 0) is 35.2 Å². The second kappa shape index (κ2) is 5.91. The molecular weight excluding hydrogens is 308 g/mol. The highest BCUT2D eigenvalue weighted by atomic mass is 35.5. The second-order valence-electron chi connectivity index (χ2n) is 5.79. The minimum Gasteiger partial charge on any atom is -0.321 e. The summed E-state index contributed by atoms with van der Waals surface area (Å²) in [6, 6.07) is 15.2. The van der Waals surface area contributed by atoms with Crippen molar-refractivity contribution in [3.8, 4) is 17.2 Å². The Hall–Kier alpha value is -2.57. The fourth-order valence-electron chi connectivity index (χ4n) is 2.73. The zero-order valence-electron chi connectivity index (χ0n) is 12.9. The van der Waals surface area contributed by atoms with Gasteiger partial charge in [0.05, 0.1) is 0 Å². The van der Waals surface area contributed by atoms with Gasteiger partial charge in [0, 0.05) is 21.5 Å². The van der Waals surface area contributed by atoms with Crippen LogP contribution in [0.15, 0.2) is 47.3 Å². The van der Waals surface area contributed by atoms with E-state index in [1.54, 1.807) is 18.2 Å². The summed E-state index contributed by atoms with van der Waals surface area (Å²) >= 11 is 6.12. The minimum absolute atomic E-state index is 0.112. The Morgan fingerprint density at radius 1 is 1.17 bits per heavy atom. The smallest absolute Gasteiger partial charge is 0.266 e. The Balaban J connectivity index is 2.44. The van der Waals surface area contributed by atoms with Gasteiger partial charge in [-0.25, -0.2) is 0 Å². The monoisotopic (exact) mass is 322 g/mol. The van der Waals surface area contributed by atoms with Crippen LogP contribution in [0.4, 0.5) is 0 Å². The van der Waals surface area contributed by atoms with E-state index in [1.807, 2.05) is 30.3 Å². The van der Waals surface area contributed by atoms with E-state index in [1.165, 1.54) is 0 Å². The van der Waals surface area contributed by atoms with Gasteiger partial charge in [-0.2, -0.15) is 5.26 Å². The first kappa shape index (κ1) is 15.3. The van der Waals surface area contributed by atoms with Crippen molar-refractivity contribution in [3.05, 3.63) is 69.0 Å². The zero-order valence-corrected chi connectivity index (χ0v) is 13.6.